The number of benzene rings is 2. The van der Waals surface area contributed by atoms with E-state index in [1.54, 1.807) is 24.3 Å². The number of hydrogen-bond acceptors (Lipinski definition) is 5. The van der Waals surface area contributed by atoms with Gasteiger partial charge in [-0.2, -0.15) is 10.1 Å². The third-order valence-corrected chi connectivity index (χ3v) is 2.76. The molecule has 7 heteroatoms. The second-order valence-electron chi connectivity index (χ2n) is 4.43. The molecule has 0 aliphatic heterocycles. The monoisotopic (exact) mass is 299 g/mol. The van der Waals surface area contributed by atoms with Crippen LogP contribution in [0.3, 0.4) is 0 Å². The Bertz CT molecular complexity index is 777. The highest BCUT2D eigenvalue weighted by molar-refractivity contribution is 5.58. The Morgan fingerprint density at radius 2 is 1.64 bits per heavy atom. The van der Waals surface area contributed by atoms with E-state index in [-0.39, 0.29) is 17.6 Å². The van der Waals surface area contributed by atoms with Gasteiger partial charge in [0.15, 0.2) is 5.82 Å². The van der Waals surface area contributed by atoms with Crippen LogP contribution in [0.15, 0.2) is 54.7 Å². The maximum Gasteiger partial charge on any atom is 0.249 e. The molecule has 0 saturated heterocycles. The van der Waals surface area contributed by atoms with E-state index in [4.69, 9.17) is 0 Å². The van der Waals surface area contributed by atoms with E-state index < -0.39 is 0 Å². The van der Waals surface area contributed by atoms with Crippen molar-refractivity contribution in [2.75, 3.05) is 10.6 Å². The van der Waals surface area contributed by atoms with Gasteiger partial charge in [0, 0.05) is 11.4 Å². The van der Waals surface area contributed by atoms with Crippen LogP contribution in [0.2, 0.25) is 0 Å². The van der Waals surface area contributed by atoms with Crippen molar-refractivity contribution in [1.82, 2.24) is 15.2 Å². The van der Waals surface area contributed by atoms with Crippen molar-refractivity contribution in [2.24, 2.45) is 0 Å². The van der Waals surface area contributed by atoms with Gasteiger partial charge in [-0.05, 0) is 42.5 Å². The normalized spacial score (nSPS) is 10.3. The molecule has 2 aromatic carbocycles. The molecule has 2 N–H and O–H groups in total. The average molecular weight is 299 g/mol. The molecule has 0 spiro atoms. The van der Waals surface area contributed by atoms with Crippen molar-refractivity contribution in [2.45, 2.75) is 0 Å². The summed E-state index contributed by atoms with van der Waals surface area (Å²) >= 11 is 0. The molecule has 0 atom stereocenters. The zero-order valence-electron chi connectivity index (χ0n) is 11.3. The van der Waals surface area contributed by atoms with Gasteiger partial charge in [-0.3, -0.25) is 0 Å². The van der Waals surface area contributed by atoms with Crippen LogP contribution in [0.5, 0.6) is 0 Å². The molecule has 3 rings (SSSR count). The van der Waals surface area contributed by atoms with Crippen molar-refractivity contribution >= 4 is 23.1 Å². The second kappa shape index (κ2) is 6.13. The lowest BCUT2D eigenvalue weighted by molar-refractivity contribution is 0.627. The summed E-state index contributed by atoms with van der Waals surface area (Å²) in [4.78, 5) is 4.20. The zero-order chi connectivity index (χ0) is 15.4. The van der Waals surface area contributed by atoms with E-state index >= 15 is 0 Å². The molecule has 0 amide bonds. The predicted octanol–water partition coefficient (Wildman–Crippen LogP) is 3.64. The minimum absolute atomic E-state index is 0.220. The molecule has 1 heterocycles. The van der Waals surface area contributed by atoms with Crippen molar-refractivity contribution in [1.29, 1.82) is 0 Å². The second-order valence-corrected chi connectivity index (χ2v) is 4.43. The van der Waals surface area contributed by atoms with Crippen LogP contribution in [0.1, 0.15) is 0 Å². The first kappa shape index (κ1) is 13.9. The topological polar surface area (TPSA) is 62.7 Å². The summed E-state index contributed by atoms with van der Waals surface area (Å²) < 4.78 is 26.0. The largest absolute Gasteiger partial charge is 0.339 e. The molecule has 5 nitrogen and oxygen atoms in total. The van der Waals surface area contributed by atoms with Crippen LogP contribution in [0, 0.1) is 11.6 Å². The molecule has 3 aromatic rings. The Morgan fingerprint density at radius 1 is 0.818 bits per heavy atom. The Labute approximate surface area is 125 Å². The van der Waals surface area contributed by atoms with Gasteiger partial charge in [0.25, 0.3) is 0 Å². The molecule has 0 fully saturated rings. The summed E-state index contributed by atoms with van der Waals surface area (Å²) in [5.74, 6) is -0.0309. The molecule has 1 aromatic heterocycles. The van der Waals surface area contributed by atoms with E-state index in [1.165, 1.54) is 30.5 Å². The standard InChI is InChI=1S/C15H11F2N5/c16-10-4-6-12(7-5-10)19-14-9-18-22-15(21-14)20-13-3-1-2-11(17)8-13/h1-9H,(H2,19,20,21,22). The molecule has 0 aliphatic carbocycles. The number of aromatic nitrogens is 3. The maximum atomic E-state index is 13.1. The van der Waals surface area contributed by atoms with Crippen LogP contribution in [0.4, 0.5) is 31.9 Å². The van der Waals surface area contributed by atoms with Crippen molar-refractivity contribution in [3.05, 3.63) is 66.4 Å². The summed E-state index contributed by atoms with van der Waals surface area (Å²) in [6.07, 6.45) is 1.43. The van der Waals surface area contributed by atoms with Crippen LogP contribution in [-0.4, -0.2) is 15.2 Å². The first-order chi connectivity index (χ1) is 10.7. The Morgan fingerprint density at radius 3 is 2.41 bits per heavy atom. The number of nitrogens with one attached hydrogen (secondary N) is 2. The number of nitrogens with zero attached hydrogens (tertiary/aromatic N) is 3. The summed E-state index contributed by atoms with van der Waals surface area (Å²) in [5.41, 5.74) is 1.18. The van der Waals surface area contributed by atoms with Gasteiger partial charge in [-0.25, -0.2) is 8.78 Å². The minimum atomic E-state index is -0.362. The third-order valence-electron chi connectivity index (χ3n) is 2.76. The van der Waals surface area contributed by atoms with E-state index in [0.29, 0.717) is 17.2 Å². The lowest BCUT2D eigenvalue weighted by Gasteiger charge is -2.07. The Hall–Kier alpha value is -3.09. The molecule has 0 saturated carbocycles. The summed E-state index contributed by atoms with van der Waals surface area (Å²) in [5, 5.41) is 13.5. The Kier molecular flexibility index (Phi) is 3.86. The van der Waals surface area contributed by atoms with Crippen LogP contribution >= 0.6 is 0 Å². The molecule has 0 aliphatic rings. The number of rotatable bonds is 4. The number of hydrogen-bond donors (Lipinski definition) is 2. The van der Waals surface area contributed by atoms with Crippen LogP contribution in [0.25, 0.3) is 0 Å². The Balaban J connectivity index is 1.76. The molecular formula is C15H11F2N5. The first-order valence-electron chi connectivity index (χ1n) is 6.44. The minimum Gasteiger partial charge on any atom is -0.339 e. The van der Waals surface area contributed by atoms with Crippen molar-refractivity contribution < 1.29 is 8.78 Å². The quantitative estimate of drug-likeness (QED) is 0.770. The molecular weight excluding hydrogens is 288 g/mol. The summed E-state index contributed by atoms with van der Waals surface area (Å²) in [7, 11) is 0. The lowest BCUT2D eigenvalue weighted by Crippen LogP contribution is -2.02. The lowest BCUT2D eigenvalue weighted by atomic mass is 10.3. The van der Waals surface area contributed by atoms with Crippen molar-refractivity contribution in [3.63, 3.8) is 0 Å². The summed E-state index contributed by atoms with van der Waals surface area (Å²) in [6.45, 7) is 0. The molecule has 0 radical (unpaired) electrons. The SMILES string of the molecule is Fc1ccc(Nc2cnnc(Nc3cccc(F)c3)n2)cc1. The number of halogens is 2. The van der Waals surface area contributed by atoms with Gasteiger partial charge in [0.2, 0.25) is 5.95 Å². The fraction of sp³-hybridized carbons (Fsp3) is 0. The van der Waals surface area contributed by atoms with Gasteiger partial charge in [-0.1, -0.05) is 6.07 Å². The van der Waals surface area contributed by atoms with Crippen molar-refractivity contribution in [3.8, 4) is 0 Å². The third kappa shape index (κ3) is 3.51. The predicted molar refractivity (Wildman–Crippen MR) is 79.2 cm³/mol. The van der Waals surface area contributed by atoms with Gasteiger partial charge in [0.05, 0.1) is 6.20 Å². The molecule has 22 heavy (non-hydrogen) atoms. The van der Waals surface area contributed by atoms with Gasteiger partial charge < -0.3 is 10.6 Å². The van der Waals surface area contributed by atoms with E-state index in [2.05, 4.69) is 25.8 Å². The van der Waals surface area contributed by atoms with E-state index in [9.17, 15) is 8.78 Å². The highest BCUT2D eigenvalue weighted by atomic mass is 19.1. The molecule has 0 unspecified atom stereocenters. The van der Waals surface area contributed by atoms with Crippen LogP contribution < -0.4 is 10.6 Å². The molecule has 110 valence electrons. The highest BCUT2D eigenvalue weighted by Gasteiger charge is 2.03. The fourth-order valence-electron chi connectivity index (χ4n) is 1.79. The maximum absolute atomic E-state index is 13.1. The van der Waals surface area contributed by atoms with E-state index in [0.717, 1.165) is 0 Å². The van der Waals surface area contributed by atoms with Gasteiger partial charge in [-0.15, -0.1) is 5.10 Å². The zero-order valence-corrected chi connectivity index (χ0v) is 11.3. The van der Waals surface area contributed by atoms with Crippen LogP contribution in [-0.2, 0) is 0 Å². The smallest absolute Gasteiger partial charge is 0.249 e. The van der Waals surface area contributed by atoms with Gasteiger partial charge >= 0.3 is 0 Å². The van der Waals surface area contributed by atoms with E-state index in [1.807, 2.05) is 0 Å². The fourth-order valence-corrected chi connectivity index (χ4v) is 1.79. The first-order valence-corrected chi connectivity index (χ1v) is 6.44. The molecule has 0 bridgehead atoms. The number of anilines is 4. The average Bonchev–Trinajstić information content (AvgIpc) is 2.50. The summed E-state index contributed by atoms with van der Waals surface area (Å²) in [6, 6.07) is 11.8. The van der Waals surface area contributed by atoms with Gasteiger partial charge in [0.1, 0.15) is 11.6 Å². The highest BCUT2D eigenvalue weighted by Crippen LogP contribution is 2.17.